The number of carbonyl (C=O) groups is 1. The number of para-hydroxylation sites is 1. The summed E-state index contributed by atoms with van der Waals surface area (Å²) in [5, 5.41) is 3.30. The van der Waals surface area contributed by atoms with Crippen molar-refractivity contribution in [2.45, 2.75) is 26.2 Å². The zero-order valence-electron chi connectivity index (χ0n) is 12.2. The molecule has 1 atom stereocenters. The summed E-state index contributed by atoms with van der Waals surface area (Å²) in [6.07, 6.45) is 0.338. The van der Waals surface area contributed by atoms with E-state index in [1.54, 1.807) is 6.92 Å². The molecule has 0 bridgehead atoms. The van der Waals surface area contributed by atoms with Crippen LogP contribution in [0.2, 0.25) is 0 Å². The van der Waals surface area contributed by atoms with Gasteiger partial charge >= 0.3 is 0 Å². The van der Waals surface area contributed by atoms with Crippen molar-refractivity contribution >= 4 is 11.5 Å². The molecule has 1 aliphatic heterocycles. The standard InChI is InChI=1S/C18H18FNO/c1-11-7-12(2)18(15(19)8-11)17(21)9-13-10-20-16-6-4-3-5-14(13)16/h3-8,13,20H,9-10H2,1-2H3. The Labute approximate surface area is 124 Å². The molecule has 0 saturated heterocycles. The Morgan fingerprint density at radius 1 is 1.29 bits per heavy atom. The van der Waals surface area contributed by atoms with Crippen molar-refractivity contribution in [2.24, 2.45) is 0 Å². The van der Waals surface area contributed by atoms with Crippen LogP contribution in [0.5, 0.6) is 0 Å². The molecule has 0 fully saturated rings. The molecule has 0 aromatic heterocycles. The summed E-state index contributed by atoms with van der Waals surface area (Å²) in [5.41, 5.74) is 4.03. The fourth-order valence-corrected chi connectivity index (χ4v) is 3.13. The minimum Gasteiger partial charge on any atom is -0.384 e. The molecule has 2 aromatic rings. The van der Waals surface area contributed by atoms with E-state index < -0.39 is 5.82 Å². The Morgan fingerprint density at radius 2 is 2.05 bits per heavy atom. The lowest BCUT2D eigenvalue weighted by atomic mass is 9.91. The summed E-state index contributed by atoms with van der Waals surface area (Å²) in [6, 6.07) is 11.3. The second-order valence-corrected chi connectivity index (χ2v) is 5.73. The quantitative estimate of drug-likeness (QED) is 0.854. The van der Waals surface area contributed by atoms with Crippen molar-refractivity contribution < 1.29 is 9.18 Å². The average molecular weight is 283 g/mol. The molecule has 3 heteroatoms. The Morgan fingerprint density at radius 3 is 2.81 bits per heavy atom. The maximum absolute atomic E-state index is 14.1. The van der Waals surface area contributed by atoms with Crippen molar-refractivity contribution in [2.75, 3.05) is 11.9 Å². The predicted molar refractivity (Wildman–Crippen MR) is 82.5 cm³/mol. The molecule has 0 radical (unpaired) electrons. The van der Waals surface area contributed by atoms with Crippen LogP contribution in [0.15, 0.2) is 36.4 Å². The highest BCUT2D eigenvalue weighted by molar-refractivity contribution is 5.98. The molecular weight excluding hydrogens is 265 g/mol. The van der Waals surface area contributed by atoms with Gasteiger partial charge in [-0.2, -0.15) is 0 Å². The van der Waals surface area contributed by atoms with Crippen LogP contribution >= 0.6 is 0 Å². The number of halogens is 1. The molecular formula is C18H18FNO. The van der Waals surface area contributed by atoms with Crippen LogP contribution < -0.4 is 5.32 Å². The first-order valence-corrected chi connectivity index (χ1v) is 7.19. The number of Topliss-reactive ketones (excluding diaryl/α,β-unsaturated/α-hetero) is 1. The zero-order valence-corrected chi connectivity index (χ0v) is 12.2. The van der Waals surface area contributed by atoms with Crippen LogP contribution in [0, 0.1) is 19.7 Å². The Balaban J connectivity index is 1.86. The molecule has 21 heavy (non-hydrogen) atoms. The third kappa shape index (κ3) is 2.56. The van der Waals surface area contributed by atoms with E-state index in [-0.39, 0.29) is 17.3 Å². The molecule has 108 valence electrons. The first-order valence-electron chi connectivity index (χ1n) is 7.19. The maximum atomic E-state index is 14.1. The average Bonchev–Trinajstić information content (AvgIpc) is 2.81. The molecule has 2 nitrogen and oxygen atoms in total. The SMILES string of the molecule is Cc1cc(C)c(C(=O)CC2CNc3ccccc32)c(F)c1. The van der Waals surface area contributed by atoms with Gasteiger partial charge in [-0.3, -0.25) is 4.79 Å². The van der Waals surface area contributed by atoms with Crippen LogP contribution in [-0.2, 0) is 0 Å². The highest BCUT2D eigenvalue weighted by Crippen LogP contribution is 2.34. The smallest absolute Gasteiger partial charge is 0.166 e. The lowest BCUT2D eigenvalue weighted by Crippen LogP contribution is -2.12. The highest BCUT2D eigenvalue weighted by atomic mass is 19.1. The molecule has 2 aromatic carbocycles. The normalized spacial score (nSPS) is 16.4. The number of carbonyl (C=O) groups excluding carboxylic acids is 1. The second-order valence-electron chi connectivity index (χ2n) is 5.73. The molecule has 3 rings (SSSR count). The van der Waals surface area contributed by atoms with Crippen LogP contribution in [0.1, 0.15) is 39.4 Å². The van der Waals surface area contributed by atoms with Crippen LogP contribution in [0.25, 0.3) is 0 Å². The first-order chi connectivity index (χ1) is 10.1. The Kier molecular flexibility index (Phi) is 3.50. The lowest BCUT2D eigenvalue weighted by molar-refractivity contribution is 0.0971. The van der Waals surface area contributed by atoms with Crippen molar-refractivity contribution in [1.29, 1.82) is 0 Å². The topological polar surface area (TPSA) is 29.1 Å². The second kappa shape index (κ2) is 5.32. The van der Waals surface area contributed by atoms with E-state index in [0.29, 0.717) is 6.42 Å². The van der Waals surface area contributed by atoms with Gasteiger partial charge in [-0.25, -0.2) is 4.39 Å². The van der Waals surface area contributed by atoms with Crippen LogP contribution in [0.4, 0.5) is 10.1 Å². The van der Waals surface area contributed by atoms with E-state index in [1.807, 2.05) is 37.3 Å². The monoisotopic (exact) mass is 283 g/mol. The fraction of sp³-hybridized carbons (Fsp3) is 0.278. The van der Waals surface area contributed by atoms with Crippen LogP contribution in [0.3, 0.4) is 0 Å². The highest BCUT2D eigenvalue weighted by Gasteiger charge is 2.26. The number of aryl methyl sites for hydroxylation is 2. The molecule has 0 amide bonds. The summed E-state index contributed by atoms with van der Waals surface area (Å²) in [7, 11) is 0. The Bertz CT molecular complexity index is 685. The van der Waals surface area contributed by atoms with E-state index in [4.69, 9.17) is 0 Å². The van der Waals surface area contributed by atoms with Gasteiger partial charge in [0.05, 0.1) is 5.56 Å². The van der Waals surface area contributed by atoms with E-state index >= 15 is 0 Å². The number of hydrogen-bond acceptors (Lipinski definition) is 2. The number of anilines is 1. The van der Waals surface area contributed by atoms with Gasteiger partial charge in [0.1, 0.15) is 5.82 Å². The number of ketones is 1. The van der Waals surface area contributed by atoms with Gasteiger partial charge in [0.2, 0.25) is 0 Å². The van der Waals surface area contributed by atoms with Gasteiger partial charge in [0, 0.05) is 24.6 Å². The van der Waals surface area contributed by atoms with Crippen LogP contribution in [-0.4, -0.2) is 12.3 Å². The van der Waals surface area contributed by atoms with Crippen molar-refractivity contribution in [3.63, 3.8) is 0 Å². The fourth-order valence-electron chi connectivity index (χ4n) is 3.13. The third-order valence-electron chi connectivity index (χ3n) is 4.08. The summed E-state index contributed by atoms with van der Waals surface area (Å²) in [4.78, 5) is 12.5. The number of fused-ring (bicyclic) bond motifs is 1. The molecule has 1 unspecified atom stereocenters. The summed E-state index contributed by atoms with van der Waals surface area (Å²) < 4.78 is 14.1. The number of benzene rings is 2. The molecule has 1 aliphatic rings. The Hall–Kier alpha value is -2.16. The van der Waals surface area contributed by atoms with Crippen molar-refractivity contribution in [1.82, 2.24) is 0 Å². The molecule has 0 spiro atoms. The van der Waals surface area contributed by atoms with E-state index in [2.05, 4.69) is 5.32 Å². The van der Waals surface area contributed by atoms with E-state index in [9.17, 15) is 9.18 Å². The lowest BCUT2D eigenvalue weighted by Gasteiger charge is -2.12. The van der Waals surface area contributed by atoms with Gasteiger partial charge in [0.15, 0.2) is 5.78 Å². The minimum atomic E-state index is -0.406. The van der Waals surface area contributed by atoms with Gasteiger partial charge in [-0.05, 0) is 42.7 Å². The summed E-state index contributed by atoms with van der Waals surface area (Å²) in [5.74, 6) is -0.404. The number of nitrogens with one attached hydrogen (secondary N) is 1. The minimum absolute atomic E-state index is 0.117. The maximum Gasteiger partial charge on any atom is 0.166 e. The largest absolute Gasteiger partial charge is 0.384 e. The van der Waals surface area contributed by atoms with E-state index in [0.717, 1.165) is 28.9 Å². The summed E-state index contributed by atoms with van der Waals surface area (Å²) >= 11 is 0. The first kappa shape index (κ1) is 13.8. The number of hydrogen-bond donors (Lipinski definition) is 1. The number of rotatable bonds is 3. The third-order valence-corrected chi connectivity index (χ3v) is 4.08. The van der Waals surface area contributed by atoms with Gasteiger partial charge in [-0.1, -0.05) is 24.3 Å². The van der Waals surface area contributed by atoms with Crippen molar-refractivity contribution in [3.05, 3.63) is 64.5 Å². The van der Waals surface area contributed by atoms with Gasteiger partial charge < -0.3 is 5.32 Å². The molecule has 0 aliphatic carbocycles. The van der Waals surface area contributed by atoms with Gasteiger partial charge in [-0.15, -0.1) is 0 Å². The molecule has 0 saturated carbocycles. The van der Waals surface area contributed by atoms with Gasteiger partial charge in [0.25, 0.3) is 0 Å². The summed E-state index contributed by atoms with van der Waals surface area (Å²) in [6.45, 7) is 4.36. The molecule has 1 heterocycles. The van der Waals surface area contributed by atoms with E-state index in [1.165, 1.54) is 6.07 Å². The van der Waals surface area contributed by atoms with Crippen molar-refractivity contribution in [3.8, 4) is 0 Å². The molecule has 1 N–H and O–H groups in total. The zero-order chi connectivity index (χ0) is 15.0. The predicted octanol–water partition coefficient (Wildman–Crippen LogP) is 4.22.